The lowest BCUT2D eigenvalue weighted by atomic mass is 9.85. The molecule has 0 saturated heterocycles. The molecule has 0 aliphatic carbocycles. The zero-order valence-corrected chi connectivity index (χ0v) is 9.88. The summed E-state index contributed by atoms with van der Waals surface area (Å²) in [5.74, 6) is 0. The van der Waals surface area contributed by atoms with Crippen LogP contribution in [0.15, 0.2) is 12.2 Å². The van der Waals surface area contributed by atoms with Gasteiger partial charge in [0.1, 0.15) is 6.29 Å². The Kier molecular flexibility index (Phi) is 7.45. The van der Waals surface area contributed by atoms with Crippen LogP contribution in [0.25, 0.3) is 0 Å². The van der Waals surface area contributed by atoms with E-state index in [1.54, 1.807) is 0 Å². The van der Waals surface area contributed by atoms with Crippen molar-refractivity contribution in [3.8, 4) is 0 Å². The largest absolute Gasteiger partial charge is 0.303 e. The maximum Gasteiger partial charge on any atom is 0.126 e. The van der Waals surface area contributed by atoms with Gasteiger partial charge in [0, 0.05) is 5.41 Å². The Bertz CT molecular complexity index is 172. The zero-order chi connectivity index (χ0) is 10.9. The maximum absolute atomic E-state index is 10.8. The number of carbonyl (C=O) groups is 1. The summed E-state index contributed by atoms with van der Waals surface area (Å²) in [5.41, 5.74) is -0.138. The van der Waals surface area contributed by atoms with Gasteiger partial charge in [0.05, 0.1) is 0 Å². The van der Waals surface area contributed by atoms with Crippen molar-refractivity contribution < 1.29 is 4.79 Å². The molecule has 0 aliphatic heterocycles. The molecule has 0 rings (SSSR count). The number of allylic oxidation sites excluding steroid dienone is 2. The summed E-state index contributed by atoms with van der Waals surface area (Å²) >= 11 is 0. The predicted octanol–water partition coefficient (Wildman–Crippen LogP) is 4.13. The van der Waals surface area contributed by atoms with Gasteiger partial charge in [0.2, 0.25) is 0 Å². The van der Waals surface area contributed by atoms with Crippen molar-refractivity contribution in [2.75, 3.05) is 0 Å². The Morgan fingerprint density at radius 3 is 2.36 bits per heavy atom. The van der Waals surface area contributed by atoms with E-state index in [4.69, 9.17) is 0 Å². The van der Waals surface area contributed by atoms with E-state index >= 15 is 0 Å². The van der Waals surface area contributed by atoms with Crippen LogP contribution in [0.5, 0.6) is 0 Å². The van der Waals surface area contributed by atoms with Crippen LogP contribution in [0.4, 0.5) is 0 Å². The molecule has 1 unspecified atom stereocenters. The highest BCUT2D eigenvalue weighted by Gasteiger charge is 2.18. The van der Waals surface area contributed by atoms with E-state index < -0.39 is 0 Å². The fourth-order valence-corrected chi connectivity index (χ4v) is 1.26. The minimum absolute atomic E-state index is 0.138. The Morgan fingerprint density at radius 2 is 1.86 bits per heavy atom. The van der Waals surface area contributed by atoms with Crippen molar-refractivity contribution in [3.05, 3.63) is 12.2 Å². The summed E-state index contributed by atoms with van der Waals surface area (Å²) in [6, 6.07) is 0. The minimum Gasteiger partial charge on any atom is -0.303 e. The molecule has 0 heterocycles. The fourth-order valence-electron chi connectivity index (χ4n) is 1.26. The molecule has 0 aromatic carbocycles. The molecule has 0 bridgehead atoms. The molecular formula is C13H24O. The molecule has 1 heteroatoms. The van der Waals surface area contributed by atoms with Gasteiger partial charge in [-0.2, -0.15) is 0 Å². The van der Waals surface area contributed by atoms with Crippen LogP contribution in [0.2, 0.25) is 0 Å². The average molecular weight is 196 g/mol. The molecule has 1 nitrogen and oxygen atoms in total. The number of hydrogen-bond donors (Lipinski definition) is 0. The summed E-state index contributed by atoms with van der Waals surface area (Å²) in [6.07, 6.45) is 12.3. The van der Waals surface area contributed by atoms with Crippen LogP contribution >= 0.6 is 0 Å². The van der Waals surface area contributed by atoms with Gasteiger partial charge < -0.3 is 4.79 Å². The van der Waals surface area contributed by atoms with Crippen molar-refractivity contribution in [1.29, 1.82) is 0 Å². The van der Waals surface area contributed by atoms with E-state index in [9.17, 15) is 4.79 Å². The van der Waals surface area contributed by atoms with Gasteiger partial charge in [0.15, 0.2) is 0 Å². The predicted molar refractivity (Wildman–Crippen MR) is 62.4 cm³/mol. The van der Waals surface area contributed by atoms with Gasteiger partial charge in [-0.3, -0.25) is 0 Å². The van der Waals surface area contributed by atoms with Crippen molar-refractivity contribution >= 4 is 6.29 Å². The van der Waals surface area contributed by atoms with Crippen LogP contribution in [0, 0.1) is 5.41 Å². The molecule has 82 valence electrons. The highest BCUT2D eigenvalue weighted by atomic mass is 16.1. The van der Waals surface area contributed by atoms with E-state index in [1.165, 1.54) is 19.3 Å². The third kappa shape index (κ3) is 5.95. The molecule has 14 heavy (non-hydrogen) atoms. The lowest BCUT2D eigenvalue weighted by molar-refractivity contribution is -0.115. The van der Waals surface area contributed by atoms with Crippen molar-refractivity contribution in [2.24, 2.45) is 5.41 Å². The quantitative estimate of drug-likeness (QED) is 0.324. The van der Waals surface area contributed by atoms with Crippen LogP contribution in [0.1, 0.15) is 59.3 Å². The van der Waals surface area contributed by atoms with Crippen LogP contribution in [-0.2, 0) is 4.79 Å². The first-order valence-electron chi connectivity index (χ1n) is 5.80. The van der Waals surface area contributed by atoms with Gasteiger partial charge in [-0.15, -0.1) is 0 Å². The number of carbonyl (C=O) groups excluding carboxylic acids is 1. The molecule has 0 spiro atoms. The number of aldehydes is 1. The van der Waals surface area contributed by atoms with E-state index in [1.807, 2.05) is 6.92 Å². The third-order valence-corrected chi connectivity index (χ3v) is 2.82. The molecule has 0 aromatic heterocycles. The van der Waals surface area contributed by atoms with E-state index in [2.05, 4.69) is 26.0 Å². The van der Waals surface area contributed by atoms with Crippen LogP contribution in [-0.4, -0.2) is 6.29 Å². The second-order valence-corrected chi connectivity index (χ2v) is 4.30. The Morgan fingerprint density at radius 1 is 1.14 bits per heavy atom. The summed E-state index contributed by atoms with van der Waals surface area (Å²) < 4.78 is 0. The Labute approximate surface area is 88.6 Å². The smallest absolute Gasteiger partial charge is 0.126 e. The second kappa shape index (κ2) is 7.78. The molecule has 0 aromatic rings. The second-order valence-electron chi connectivity index (χ2n) is 4.30. The number of unbranched alkanes of at least 4 members (excludes halogenated alkanes) is 3. The highest BCUT2D eigenvalue weighted by Crippen LogP contribution is 2.23. The SMILES string of the molecule is CCCCC/C=C/CC(C)(C=O)CC. The van der Waals surface area contributed by atoms with Crippen molar-refractivity contribution in [1.82, 2.24) is 0 Å². The van der Waals surface area contributed by atoms with Gasteiger partial charge in [0.25, 0.3) is 0 Å². The standard InChI is InChI=1S/C13H24O/c1-4-6-7-8-9-10-11-13(3,5-2)12-14/h9-10,12H,4-8,11H2,1-3H3/b10-9+. The molecular weight excluding hydrogens is 172 g/mol. The molecule has 0 saturated carbocycles. The maximum atomic E-state index is 10.8. The zero-order valence-electron chi connectivity index (χ0n) is 9.88. The van der Waals surface area contributed by atoms with Crippen LogP contribution in [0.3, 0.4) is 0 Å². The summed E-state index contributed by atoms with van der Waals surface area (Å²) in [5, 5.41) is 0. The first-order valence-corrected chi connectivity index (χ1v) is 5.80. The lowest BCUT2D eigenvalue weighted by Gasteiger charge is -2.17. The van der Waals surface area contributed by atoms with Crippen molar-refractivity contribution in [2.45, 2.75) is 59.3 Å². The lowest BCUT2D eigenvalue weighted by Crippen LogP contribution is -2.15. The van der Waals surface area contributed by atoms with Gasteiger partial charge >= 0.3 is 0 Å². The topological polar surface area (TPSA) is 17.1 Å². The first-order chi connectivity index (χ1) is 6.68. The summed E-state index contributed by atoms with van der Waals surface area (Å²) in [6.45, 7) is 6.31. The van der Waals surface area contributed by atoms with Gasteiger partial charge in [-0.05, 0) is 25.7 Å². The van der Waals surface area contributed by atoms with Gasteiger partial charge in [-0.25, -0.2) is 0 Å². The normalized spacial score (nSPS) is 15.6. The summed E-state index contributed by atoms with van der Waals surface area (Å²) in [4.78, 5) is 10.8. The summed E-state index contributed by atoms with van der Waals surface area (Å²) in [7, 11) is 0. The van der Waals surface area contributed by atoms with Gasteiger partial charge in [-0.1, -0.05) is 45.8 Å². The van der Waals surface area contributed by atoms with Crippen molar-refractivity contribution in [3.63, 3.8) is 0 Å². The van der Waals surface area contributed by atoms with E-state index in [-0.39, 0.29) is 5.41 Å². The highest BCUT2D eigenvalue weighted by molar-refractivity contribution is 5.58. The number of hydrogen-bond acceptors (Lipinski definition) is 1. The van der Waals surface area contributed by atoms with E-state index in [0.29, 0.717) is 0 Å². The molecule has 1 atom stereocenters. The Hall–Kier alpha value is -0.590. The average Bonchev–Trinajstić information content (AvgIpc) is 2.23. The molecule has 0 radical (unpaired) electrons. The van der Waals surface area contributed by atoms with Crippen LogP contribution < -0.4 is 0 Å². The first kappa shape index (κ1) is 13.4. The third-order valence-electron chi connectivity index (χ3n) is 2.82. The molecule has 0 fully saturated rings. The number of rotatable bonds is 8. The molecule has 0 N–H and O–H groups in total. The van der Waals surface area contributed by atoms with E-state index in [0.717, 1.165) is 25.5 Å². The monoisotopic (exact) mass is 196 g/mol. The molecule has 0 amide bonds. The fraction of sp³-hybridized carbons (Fsp3) is 0.769. The Balaban J connectivity index is 3.63. The molecule has 0 aliphatic rings. The minimum atomic E-state index is -0.138.